The van der Waals surface area contributed by atoms with Crippen molar-refractivity contribution in [3.63, 3.8) is 0 Å². The highest BCUT2D eigenvalue weighted by molar-refractivity contribution is 6.00. The Morgan fingerprint density at radius 2 is 1.65 bits per heavy atom. The second-order valence-electron chi connectivity index (χ2n) is 3.75. The van der Waals surface area contributed by atoms with Crippen molar-refractivity contribution in [2.45, 2.75) is 20.8 Å². The SMILES string of the molecule is COC(=O)c1cc(C(=N)N)c(C)c(C)c1C.Cl. The zero-order valence-electron chi connectivity index (χ0n) is 10.4. The summed E-state index contributed by atoms with van der Waals surface area (Å²) in [5.41, 5.74) is 9.29. The van der Waals surface area contributed by atoms with Crippen LogP contribution in [0.2, 0.25) is 0 Å². The van der Waals surface area contributed by atoms with E-state index in [1.165, 1.54) is 7.11 Å². The van der Waals surface area contributed by atoms with Gasteiger partial charge in [0.15, 0.2) is 0 Å². The van der Waals surface area contributed by atoms with E-state index < -0.39 is 5.97 Å². The first-order valence-corrected chi connectivity index (χ1v) is 4.93. The van der Waals surface area contributed by atoms with Gasteiger partial charge in [0, 0.05) is 5.56 Å². The molecule has 94 valence electrons. The van der Waals surface area contributed by atoms with Crippen molar-refractivity contribution in [3.8, 4) is 0 Å². The number of hydrogen-bond donors (Lipinski definition) is 2. The van der Waals surface area contributed by atoms with Crippen LogP contribution in [0.15, 0.2) is 6.07 Å². The molecule has 0 saturated heterocycles. The Morgan fingerprint density at radius 1 is 1.18 bits per heavy atom. The van der Waals surface area contributed by atoms with Crippen molar-refractivity contribution in [2.24, 2.45) is 5.73 Å². The molecule has 0 aromatic heterocycles. The summed E-state index contributed by atoms with van der Waals surface area (Å²) in [4.78, 5) is 11.5. The standard InChI is InChI=1S/C12H16N2O2.ClH/c1-6-7(2)9(11(13)14)5-10(8(6)3)12(15)16-4;/h5H,1-4H3,(H3,13,14);1H. The van der Waals surface area contributed by atoms with Crippen LogP contribution in [0.5, 0.6) is 0 Å². The van der Waals surface area contributed by atoms with Crippen molar-refractivity contribution in [3.05, 3.63) is 33.9 Å². The van der Waals surface area contributed by atoms with Crippen LogP contribution in [0, 0.1) is 26.2 Å². The van der Waals surface area contributed by atoms with E-state index >= 15 is 0 Å². The van der Waals surface area contributed by atoms with Crippen LogP contribution in [-0.2, 0) is 4.74 Å². The van der Waals surface area contributed by atoms with Gasteiger partial charge in [-0.2, -0.15) is 0 Å². The molecule has 17 heavy (non-hydrogen) atoms. The molecule has 0 spiro atoms. The van der Waals surface area contributed by atoms with Gasteiger partial charge in [-0.05, 0) is 43.5 Å². The average Bonchev–Trinajstić information content (AvgIpc) is 2.25. The van der Waals surface area contributed by atoms with Crippen molar-refractivity contribution in [1.82, 2.24) is 0 Å². The number of ether oxygens (including phenoxy) is 1. The zero-order chi connectivity index (χ0) is 12.5. The summed E-state index contributed by atoms with van der Waals surface area (Å²) in [6, 6.07) is 1.62. The van der Waals surface area contributed by atoms with Gasteiger partial charge in [-0.15, -0.1) is 12.4 Å². The lowest BCUT2D eigenvalue weighted by Crippen LogP contribution is -2.16. The van der Waals surface area contributed by atoms with Crippen LogP contribution in [-0.4, -0.2) is 18.9 Å². The summed E-state index contributed by atoms with van der Waals surface area (Å²) in [6.45, 7) is 5.65. The van der Waals surface area contributed by atoms with E-state index in [4.69, 9.17) is 15.9 Å². The van der Waals surface area contributed by atoms with Crippen LogP contribution in [0.4, 0.5) is 0 Å². The van der Waals surface area contributed by atoms with Gasteiger partial charge < -0.3 is 10.5 Å². The number of carbonyl (C=O) groups is 1. The first kappa shape index (κ1) is 15.4. The van der Waals surface area contributed by atoms with Crippen molar-refractivity contribution >= 4 is 24.2 Å². The van der Waals surface area contributed by atoms with Gasteiger partial charge in [-0.1, -0.05) is 0 Å². The fourth-order valence-electron chi connectivity index (χ4n) is 1.65. The van der Waals surface area contributed by atoms with E-state index in [2.05, 4.69) is 0 Å². The smallest absolute Gasteiger partial charge is 0.338 e. The number of nitrogens with one attached hydrogen (secondary N) is 1. The maximum atomic E-state index is 11.5. The Labute approximate surface area is 107 Å². The summed E-state index contributed by atoms with van der Waals surface area (Å²) < 4.78 is 4.70. The van der Waals surface area contributed by atoms with E-state index in [1.807, 2.05) is 20.8 Å². The number of methoxy groups -OCH3 is 1. The number of carbonyl (C=O) groups excluding carboxylic acids is 1. The molecule has 3 N–H and O–H groups in total. The molecule has 0 atom stereocenters. The van der Waals surface area contributed by atoms with Gasteiger partial charge in [-0.25, -0.2) is 4.79 Å². The molecule has 1 rings (SSSR count). The predicted octanol–water partition coefficient (Wildman–Crippen LogP) is 2.10. The van der Waals surface area contributed by atoms with Gasteiger partial charge in [0.2, 0.25) is 0 Å². The zero-order valence-corrected chi connectivity index (χ0v) is 11.2. The fraction of sp³-hybridized carbons (Fsp3) is 0.333. The minimum Gasteiger partial charge on any atom is -0.465 e. The predicted molar refractivity (Wildman–Crippen MR) is 70.3 cm³/mol. The maximum absolute atomic E-state index is 11.5. The normalized spacial score (nSPS) is 9.41. The lowest BCUT2D eigenvalue weighted by molar-refractivity contribution is 0.0600. The summed E-state index contributed by atoms with van der Waals surface area (Å²) >= 11 is 0. The van der Waals surface area contributed by atoms with Gasteiger partial charge in [0.25, 0.3) is 0 Å². The topological polar surface area (TPSA) is 76.2 Å². The molecule has 1 aromatic rings. The van der Waals surface area contributed by atoms with Gasteiger partial charge in [0.1, 0.15) is 5.84 Å². The lowest BCUT2D eigenvalue weighted by Gasteiger charge is -2.14. The Hall–Kier alpha value is -1.55. The number of nitrogens with two attached hydrogens (primary N) is 1. The molecular weight excluding hydrogens is 240 g/mol. The van der Waals surface area contributed by atoms with E-state index in [0.717, 1.165) is 16.7 Å². The third-order valence-electron chi connectivity index (χ3n) is 2.92. The number of halogens is 1. The average molecular weight is 257 g/mol. The van der Waals surface area contributed by atoms with Crippen molar-refractivity contribution in [1.29, 1.82) is 5.41 Å². The van der Waals surface area contributed by atoms with Gasteiger partial charge in [0.05, 0.1) is 12.7 Å². The first-order chi connectivity index (χ1) is 7.40. The number of esters is 1. The molecule has 0 bridgehead atoms. The van der Waals surface area contributed by atoms with Crippen molar-refractivity contribution in [2.75, 3.05) is 7.11 Å². The Balaban J connectivity index is 0.00000256. The summed E-state index contributed by atoms with van der Waals surface area (Å²) in [5, 5.41) is 7.46. The quantitative estimate of drug-likeness (QED) is 0.483. The number of benzene rings is 1. The minimum atomic E-state index is -0.400. The number of rotatable bonds is 2. The molecule has 4 nitrogen and oxygen atoms in total. The molecule has 0 amide bonds. The van der Waals surface area contributed by atoms with Crippen LogP contribution in [0.1, 0.15) is 32.6 Å². The Bertz CT molecular complexity index is 470. The summed E-state index contributed by atoms with van der Waals surface area (Å²) in [5.74, 6) is -0.436. The summed E-state index contributed by atoms with van der Waals surface area (Å²) in [7, 11) is 1.34. The third-order valence-corrected chi connectivity index (χ3v) is 2.92. The maximum Gasteiger partial charge on any atom is 0.338 e. The molecule has 0 aliphatic rings. The van der Waals surface area contributed by atoms with E-state index in [0.29, 0.717) is 11.1 Å². The highest BCUT2D eigenvalue weighted by Gasteiger charge is 2.16. The molecular formula is C12H17ClN2O2. The van der Waals surface area contributed by atoms with Gasteiger partial charge in [-0.3, -0.25) is 5.41 Å². The third kappa shape index (κ3) is 2.77. The lowest BCUT2D eigenvalue weighted by atomic mass is 9.93. The number of amidine groups is 1. The Kier molecular flexibility index (Phi) is 5.16. The van der Waals surface area contributed by atoms with Crippen molar-refractivity contribution < 1.29 is 9.53 Å². The summed E-state index contributed by atoms with van der Waals surface area (Å²) in [6.07, 6.45) is 0. The molecule has 0 unspecified atom stereocenters. The minimum absolute atomic E-state index is 0. The van der Waals surface area contributed by atoms with Crippen LogP contribution in [0.3, 0.4) is 0 Å². The molecule has 0 radical (unpaired) electrons. The monoisotopic (exact) mass is 256 g/mol. The van der Waals surface area contributed by atoms with Crippen LogP contribution < -0.4 is 5.73 Å². The first-order valence-electron chi connectivity index (χ1n) is 4.93. The highest BCUT2D eigenvalue weighted by Crippen LogP contribution is 2.22. The molecule has 0 heterocycles. The molecule has 0 saturated carbocycles. The van der Waals surface area contributed by atoms with Gasteiger partial charge >= 0.3 is 5.97 Å². The molecule has 0 aliphatic heterocycles. The molecule has 1 aromatic carbocycles. The molecule has 0 aliphatic carbocycles. The van der Waals surface area contributed by atoms with Crippen LogP contribution in [0.25, 0.3) is 0 Å². The molecule has 5 heteroatoms. The fourth-order valence-corrected chi connectivity index (χ4v) is 1.65. The second-order valence-corrected chi connectivity index (χ2v) is 3.75. The highest BCUT2D eigenvalue weighted by atomic mass is 35.5. The Morgan fingerprint density at radius 3 is 2.06 bits per heavy atom. The number of nitrogen functional groups attached to an aromatic ring is 1. The van der Waals surface area contributed by atoms with E-state index in [-0.39, 0.29) is 18.2 Å². The number of hydrogen-bond acceptors (Lipinski definition) is 3. The molecule has 0 fully saturated rings. The largest absolute Gasteiger partial charge is 0.465 e. The van der Waals surface area contributed by atoms with Crippen LogP contribution >= 0.6 is 12.4 Å². The second kappa shape index (κ2) is 5.68. The van der Waals surface area contributed by atoms with E-state index in [9.17, 15) is 4.79 Å². The van der Waals surface area contributed by atoms with E-state index in [1.54, 1.807) is 6.07 Å².